The molecule has 0 aliphatic heterocycles. The van der Waals surface area contributed by atoms with E-state index in [-0.39, 0.29) is 18.3 Å². The Morgan fingerprint density at radius 3 is 2.30 bits per heavy atom. The minimum atomic E-state index is -0.290. The summed E-state index contributed by atoms with van der Waals surface area (Å²) in [5.74, 6) is -0.0448. The zero-order valence-electron chi connectivity index (χ0n) is 14.0. The summed E-state index contributed by atoms with van der Waals surface area (Å²) in [4.78, 5) is 13.2. The molecule has 0 spiro atoms. The molecule has 0 bridgehead atoms. The molecule has 0 fully saturated rings. The zero-order valence-corrected chi connectivity index (χ0v) is 14.8. The van der Waals surface area contributed by atoms with Crippen LogP contribution in [0.5, 0.6) is 0 Å². The van der Waals surface area contributed by atoms with Crippen molar-refractivity contribution in [2.45, 2.75) is 39.1 Å². The number of halogens is 1. The van der Waals surface area contributed by atoms with Crippen LogP contribution in [0.1, 0.15) is 27.8 Å². The second-order valence-electron chi connectivity index (χ2n) is 5.75. The number of carbonyl (C=O) groups excluding carboxylic acids is 1. The molecule has 0 unspecified atom stereocenters. The zero-order chi connectivity index (χ0) is 17.0. The second kappa shape index (κ2) is 7.64. The van der Waals surface area contributed by atoms with Crippen LogP contribution < -0.4 is 5.32 Å². The summed E-state index contributed by atoms with van der Waals surface area (Å²) in [6.45, 7) is 8.56. The molecular formula is C19H22FNOS. The summed E-state index contributed by atoms with van der Waals surface area (Å²) in [7, 11) is 0. The van der Waals surface area contributed by atoms with E-state index in [9.17, 15) is 9.18 Å². The molecule has 2 nitrogen and oxygen atoms in total. The first kappa shape index (κ1) is 17.5. The fourth-order valence-electron chi connectivity index (χ4n) is 2.42. The normalized spacial score (nSPS) is 10.7. The van der Waals surface area contributed by atoms with E-state index >= 15 is 0 Å². The molecule has 0 aliphatic carbocycles. The largest absolute Gasteiger partial charge is 0.351 e. The second-order valence-corrected chi connectivity index (χ2v) is 6.73. The van der Waals surface area contributed by atoms with E-state index in [1.54, 1.807) is 30.0 Å². The topological polar surface area (TPSA) is 29.1 Å². The van der Waals surface area contributed by atoms with E-state index in [0.29, 0.717) is 11.3 Å². The van der Waals surface area contributed by atoms with Crippen molar-refractivity contribution >= 4 is 17.7 Å². The van der Waals surface area contributed by atoms with E-state index in [4.69, 9.17) is 0 Å². The Kier molecular flexibility index (Phi) is 5.83. The molecule has 2 aromatic carbocycles. The predicted molar refractivity (Wildman–Crippen MR) is 94.4 cm³/mol. The number of carbonyl (C=O) groups is 1. The molecule has 1 N–H and O–H groups in total. The van der Waals surface area contributed by atoms with Gasteiger partial charge in [-0.3, -0.25) is 4.79 Å². The van der Waals surface area contributed by atoms with Gasteiger partial charge in [0, 0.05) is 17.0 Å². The Hall–Kier alpha value is -1.81. The molecule has 122 valence electrons. The lowest BCUT2D eigenvalue weighted by atomic mass is 10.0. The molecule has 0 saturated carbocycles. The molecule has 0 saturated heterocycles. The van der Waals surface area contributed by atoms with Crippen molar-refractivity contribution in [3.63, 3.8) is 0 Å². The third-order valence-corrected chi connectivity index (χ3v) is 5.39. The lowest BCUT2D eigenvalue weighted by Gasteiger charge is -2.14. The minimum Gasteiger partial charge on any atom is -0.351 e. The molecule has 0 atom stereocenters. The van der Waals surface area contributed by atoms with Crippen molar-refractivity contribution in [1.29, 1.82) is 0 Å². The standard InChI is InChI=1S/C19H22FNOS/c1-12-9-13(2)15(4)19(14(12)3)23-11-18(22)21-10-16-7-5-6-8-17(16)20/h5-9H,10-11H2,1-4H3,(H,21,22). The van der Waals surface area contributed by atoms with Crippen LogP contribution >= 0.6 is 11.8 Å². The number of thioether (sulfide) groups is 1. The average molecular weight is 331 g/mol. The number of hydrogen-bond donors (Lipinski definition) is 1. The van der Waals surface area contributed by atoms with Gasteiger partial charge in [0.25, 0.3) is 0 Å². The Morgan fingerprint density at radius 2 is 1.70 bits per heavy atom. The van der Waals surface area contributed by atoms with Crippen LogP contribution in [-0.4, -0.2) is 11.7 Å². The Balaban J connectivity index is 1.96. The maximum atomic E-state index is 13.5. The van der Waals surface area contributed by atoms with Crippen molar-refractivity contribution in [2.24, 2.45) is 0 Å². The summed E-state index contributed by atoms with van der Waals surface area (Å²) < 4.78 is 13.5. The summed E-state index contributed by atoms with van der Waals surface area (Å²) in [5.41, 5.74) is 5.43. The fraction of sp³-hybridized carbons (Fsp3) is 0.316. The Morgan fingerprint density at radius 1 is 1.09 bits per heavy atom. The van der Waals surface area contributed by atoms with Gasteiger partial charge in [0.05, 0.1) is 5.75 Å². The van der Waals surface area contributed by atoms with Crippen LogP contribution in [0, 0.1) is 33.5 Å². The number of rotatable bonds is 5. The number of benzene rings is 2. The molecular weight excluding hydrogens is 309 g/mol. The predicted octanol–water partition coefficient (Wildman–Crippen LogP) is 4.47. The molecule has 2 aromatic rings. The maximum Gasteiger partial charge on any atom is 0.230 e. The van der Waals surface area contributed by atoms with E-state index in [1.165, 1.54) is 33.2 Å². The van der Waals surface area contributed by atoms with Crippen LogP contribution in [-0.2, 0) is 11.3 Å². The molecule has 2 rings (SSSR count). The first-order valence-corrected chi connectivity index (χ1v) is 8.59. The monoisotopic (exact) mass is 331 g/mol. The summed E-state index contributed by atoms with van der Waals surface area (Å²) in [6, 6.07) is 8.66. The number of hydrogen-bond acceptors (Lipinski definition) is 2. The van der Waals surface area contributed by atoms with Crippen molar-refractivity contribution in [2.75, 3.05) is 5.75 Å². The van der Waals surface area contributed by atoms with Crippen molar-refractivity contribution in [1.82, 2.24) is 5.32 Å². The van der Waals surface area contributed by atoms with Gasteiger partial charge >= 0.3 is 0 Å². The Bertz CT molecular complexity index is 701. The molecule has 0 aromatic heterocycles. The van der Waals surface area contributed by atoms with E-state index in [2.05, 4.69) is 39.1 Å². The minimum absolute atomic E-state index is 0.0868. The molecule has 1 amide bonds. The Labute approximate surface area is 141 Å². The van der Waals surface area contributed by atoms with Crippen molar-refractivity contribution in [3.05, 3.63) is 64.0 Å². The van der Waals surface area contributed by atoms with Gasteiger partial charge in [-0.1, -0.05) is 24.3 Å². The number of amides is 1. The molecule has 0 aliphatic rings. The smallest absolute Gasteiger partial charge is 0.230 e. The highest BCUT2D eigenvalue weighted by atomic mass is 32.2. The van der Waals surface area contributed by atoms with Crippen LogP contribution in [0.2, 0.25) is 0 Å². The lowest BCUT2D eigenvalue weighted by molar-refractivity contribution is -0.118. The van der Waals surface area contributed by atoms with Crippen LogP contribution in [0.4, 0.5) is 4.39 Å². The van der Waals surface area contributed by atoms with Gasteiger partial charge in [0.15, 0.2) is 0 Å². The van der Waals surface area contributed by atoms with Gasteiger partial charge in [0.1, 0.15) is 5.82 Å². The fourth-order valence-corrected chi connectivity index (χ4v) is 3.55. The number of nitrogens with one attached hydrogen (secondary N) is 1. The van der Waals surface area contributed by atoms with Gasteiger partial charge in [-0.05, 0) is 56.0 Å². The third-order valence-electron chi connectivity index (χ3n) is 4.08. The van der Waals surface area contributed by atoms with E-state index < -0.39 is 0 Å². The van der Waals surface area contributed by atoms with Crippen molar-refractivity contribution in [3.8, 4) is 0 Å². The molecule has 4 heteroatoms. The lowest BCUT2D eigenvalue weighted by Crippen LogP contribution is -2.25. The molecule has 23 heavy (non-hydrogen) atoms. The quantitative estimate of drug-likeness (QED) is 0.819. The van der Waals surface area contributed by atoms with Crippen LogP contribution in [0.15, 0.2) is 35.2 Å². The van der Waals surface area contributed by atoms with Crippen LogP contribution in [0.25, 0.3) is 0 Å². The SMILES string of the molecule is Cc1cc(C)c(C)c(SCC(=O)NCc2ccccc2F)c1C. The molecule has 0 radical (unpaired) electrons. The van der Waals surface area contributed by atoms with E-state index in [1.807, 2.05) is 0 Å². The van der Waals surface area contributed by atoms with Crippen molar-refractivity contribution < 1.29 is 9.18 Å². The number of aryl methyl sites for hydroxylation is 2. The van der Waals surface area contributed by atoms with Gasteiger partial charge in [-0.15, -0.1) is 11.8 Å². The maximum absolute atomic E-state index is 13.5. The van der Waals surface area contributed by atoms with Gasteiger partial charge in [-0.2, -0.15) is 0 Å². The molecule has 0 heterocycles. The van der Waals surface area contributed by atoms with Gasteiger partial charge in [-0.25, -0.2) is 4.39 Å². The highest BCUT2D eigenvalue weighted by Crippen LogP contribution is 2.30. The summed E-state index contributed by atoms with van der Waals surface area (Å²) in [6.07, 6.45) is 0. The highest BCUT2D eigenvalue weighted by Gasteiger charge is 2.11. The van der Waals surface area contributed by atoms with Crippen LogP contribution in [0.3, 0.4) is 0 Å². The van der Waals surface area contributed by atoms with Gasteiger partial charge < -0.3 is 5.32 Å². The highest BCUT2D eigenvalue weighted by molar-refractivity contribution is 8.00. The van der Waals surface area contributed by atoms with E-state index in [0.717, 1.165) is 0 Å². The third kappa shape index (κ3) is 4.35. The van der Waals surface area contributed by atoms with Gasteiger partial charge in [0.2, 0.25) is 5.91 Å². The first-order valence-electron chi connectivity index (χ1n) is 7.60. The summed E-state index contributed by atoms with van der Waals surface area (Å²) in [5, 5.41) is 2.78. The summed E-state index contributed by atoms with van der Waals surface area (Å²) >= 11 is 1.54. The first-order chi connectivity index (χ1) is 10.9. The average Bonchev–Trinajstić information content (AvgIpc) is 2.52.